The summed E-state index contributed by atoms with van der Waals surface area (Å²) >= 11 is 5.83. The van der Waals surface area contributed by atoms with Crippen LogP contribution in [0.2, 0.25) is 5.22 Å². The Balaban J connectivity index is 1.99. The van der Waals surface area contributed by atoms with E-state index < -0.39 is 14.6 Å². The van der Waals surface area contributed by atoms with Crippen LogP contribution in [0.4, 0.5) is 0 Å². The van der Waals surface area contributed by atoms with Crippen molar-refractivity contribution in [3.8, 4) is 0 Å². The average molecular weight is 335 g/mol. The maximum atomic E-state index is 12.1. The summed E-state index contributed by atoms with van der Waals surface area (Å²) in [6.07, 6.45) is 0.934. The predicted octanol–water partition coefficient (Wildman–Crippen LogP) is 1.65. The summed E-state index contributed by atoms with van der Waals surface area (Å²) in [5.74, 6) is -0.110. The van der Waals surface area contributed by atoms with Crippen molar-refractivity contribution in [3.63, 3.8) is 0 Å². The number of aryl methyl sites for hydroxylation is 1. The molecule has 0 aromatic carbocycles. The lowest BCUT2D eigenvalue weighted by Crippen LogP contribution is -2.49. The number of hydrogen-bond donors (Lipinski definition) is 1. The van der Waals surface area contributed by atoms with Gasteiger partial charge in [0.1, 0.15) is 0 Å². The molecule has 1 aliphatic rings. The summed E-state index contributed by atoms with van der Waals surface area (Å²) in [4.78, 5) is 12.1. The molecule has 1 aromatic rings. The van der Waals surface area contributed by atoms with Crippen molar-refractivity contribution in [2.24, 2.45) is 0 Å². The van der Waals surface area contributed by atoms with Gasteiger partial charge < -0.3 is 9.84 Å². The lowest BCUT2D eigenvalue weighted by molar-refractivity contribution is -0.121. The maximum absolute atomic E-state index is 12.1. The lowest BCUT2D eigenvalue weighted by Gasteiger charge is -2.35. The zero-order chi connectivity index (χ0) is 15.8. The van der Waals surface area contributed by atoms with Gasteiger partial charge in [-0.1, -0.05) is 5.16 Å². The van der Waals surface area contributed by atoms with Crippen LogP contribution in [0.1, 0.15) is 37.9 Å². The van der Waals surface area contributed by atoms with Crippen molar-refractivity contribution in [2.45, 2.75) is 50.8 Å². The highest BCUT2D eigenvalue weighted by Crippen LogP contribution is 2.30. The first-order chi connectivity index (χ1) is 9.62. The molecule has 6 nitrogen and oxygen atoms in total. The molecule has 0 aliphatic carbocycles. The molecule has 118 valence electrons. The average Bonchev–Trinajstić information content (AvgIpc) is 2.66. The Labute approximate surface area is 129 Å². The second kappa shape index (κ2) is 5.61. The first-order valence-corrected chi connectivity index (χ1v) is 8.78. The number of carbonyl (C=O) groups is 1. The van der Waals surface area contributed by atoms with Crippen LogP contribution in [0.15, 0.2) is 4.52 Å². The van der Waals surface area contributed by atoms with Gasteiger partial charge in [-0.2, -0.15) is 0 Å². The number of halogens is 1. The van der Waals surface area contributed by atoms with Crippen LogP contribution in [0.5, 0.6) is 0 Å². The number of nitrogens with one attached hydrogen (secondary N) is 1. The van der Waals surface area contributed by atoms with Crippen molar-refractivity contribution < 1.29 is 17.7 Å². The standard InChI is InChI=1S/C13H19ClN2O4S/c1-8-10(12(14)20-16-8)6-11(17)15-9-4-5-21(18,19)13(2,3)7-9/h9H,4-7H2,1-3H3,(H,15,17). The Hall–Kier alpha value is -1.08. The van der Waals surface area contributed by atoms with Crippen LogP contribution in [-0.4, -0.2) is 36.0 Å². The van der Waals surface area contributed by atoms with Gasteiger partial charge in [0.25, 0.3) is 0 Å². The minimum absolute atomic E-state index is 0.0812. The smallest absolute Gasteiger partial charge is 0.229 e. The van der Waals surface area contributed by atoms with E-state index >= 15 is 0 Å². The zero-order valence-electron chi connectivity index (χ0n) is 12.3. The van der Waals surface area contributed by atoms with Crippen LogP contribution in [0.3, 0.4) is 0 Å². The summed E-state index contributed by atoms with van der Waals surface area (Å²) in [7, 11) is -3.09. The Morgan fingerprint density at radius 2 is 2.19 bits per heavy atom. The minimum Gasteiger partial charge on any atom is -0.353 e. The molecule has 0 bridgehead atoms. The molecule has 8 heteroatoms. The minimum atomic E-state index is -3.09. The molecular formula is C13H19ClN2O4S. The fraction of sp³-hybridized carbons (Fsp3) is 0.692. The molecule has 1 aromatic heterocycles. The van der Waals surface area contributed by atoms with E-state index in [1.165, 1.54) is 0 Å². The van der Waals surface area contributed by atoms with E-state index in [0.717, 1.165) is 0 Å². The van der Waals surface area contributed by atoms with Crippen molar-refractivity contribution in [1.82, 2.24) is 10.5 Å². The summed E-state index contributed by atoms with van der Waals surface area (Å²) in [6, 6.07) is -0.144. The van der Waals surface area contributed by atoms with Gasteiger partial charge in [-0.15, -0.1) is 0 Å². The lowest BCUT2D eigenvalue weighted by atomic mass is 9.99. The Kier molecular flexibility index (Phi) is 4.35. The fourth-order valence-corrected chi connectivity index (χ4v) is 4.36. The third kappa shape index (κ3) is 3.40. The van der Waals surface area contributed by atoms with Gasteiger partial charge in [0.05, 0.1) is 22.6 Å². The fourth-order valence-electron chi connectivity index (χ4n) is 2.52. The second-order valence-electron chi connectivity index (χ2n) is 6.03. The largest absolute Gasteiger partial charge is 0.353 e. The quantitative estimate of drug-likeness (QED) is 0.907. The van der Waals surface area contributed by atoms with E-state index in [4.69, 9.17) is 16.1 Å². The first kappa shape index (κ1) is 16.3. The highest BCUT2D eigenvalue weighted by Gasteiger charge is 2.41. The monoisotopic (exact) mass is 334 g/mol. The molecule has 1 atom stereocenters. The SMILES string of the molecule is Cc1noc(Cl)c1CC(=O)NC1CCS(=O)(=O)C(C)(C)C1. The van der Waals surface area contributed by atoms with Crippen LogP contribution >= 0.6 is 11.6 Å². The molecule has 0 saturated carbocycles. The number of sulfone groups is 1. The van der Waals surface area contributed by atoms with Crippen molar-refractivity contribution in [3.05, 3.63) is 16.5 Å². The van der Waals surface area contributed by atoms with E-state index in [0.29, 0.717) is 24.1 Å². The molecule has 1 N–H and O–H groups in total. The summed E-state index contributed by atoms with van der Waals surface area (Å²) < 4.78 is 27.9. The number of aromatic nitrogens is 1. The molecule has 0 radical (unpaired) electrons. The van der Waals surface area contributed by atoms with Crippen LogP contribution in [0.25, 0.3) is 0 Å². The van der Waals surface area contributed by atoms with E-state index in [9.17, 15) is 13.2 Å². The molecule has 1 amide bonds. The van der Waals surface area contributed by atoms with Crippen molar-refractivity contribution in [1.29, 1.82) is 0 Å². The van der Waals surface area contributed by atoms with Gasteiger partial charge in [-0.3, -0.25) is 4.79 Å². The van der Waals surface area contributed by atoms with E-state index in [1.807, 2.05) is 0 Å². The summed E-state index contributed by atoms with van der Waals surface area (Å²) in [5, 5.41) is 6.69. The first-order valence-electron chi connectivity index (χ1n) is 6.75. The van der Waals surface area contributed by atoms with E-state index in [-0.39, 0.29) is 29.3 Å². The number of amides is 1. The van der Waals surface area contributed by atoms with Gasteiger partial charge in [0, 0.05) is 11.6 Å². The normalized spacial score (nSPS) is 23.7. The molecule has 0 spiro atoms. The highest BCUT2D eigenvalue weighted by molar-refractivity contribution is 7.92. The molecule has 1 unspecified atom stereocenters. The number of hydrogen-bond acceptors (Lipinski definition) is 5. The Morgan fingerprint density at radius 3 is 2.71 bits per heavy atom. The molecule has 1 saturated heterocycles. The van der Waals surface area contributed by atoms with Gasteiger partial charge in [0.2, 0.25) is 11.1 Å². The molecule has 2 heterocycles. The second-order valence-corrected chi connectivity index (χ2v) is 9.12. The zero-order valence-corrected chi connectivity index (χ0v) is 13.8. The van der Waals surface area contributed by atoms with Crippen molar-refractivity contribution >= 4 is 27.3 Å². The topological polar surface area (TPSA) is 89.3 Å². The molecule has 1 fully saturated rings. The van der Waals surface area contributed by atoms with E-state index in [1.54, 1.807) is 20.8 Å². The summed E-state index contributed by atoms with van der Waals surface area (Å²) in [5.41, 5.74) is 1.15. The molecule has 21 heavy (non-hydrogen) atoms. The molecule has 2 rings (SSSR count). The van der Waals surface area contributed by atoms with Gasteiger partial charge in [-0.25, -0.2) is 8.42 Å². The van der Waals surface area contributed by atoms with Crippen LogP contribution in [0, 0.1) is 6.92 Å². The number of nitrogens with zero attached hydrogens (tertiary/aromatic N) is 1. The van der Waals surface area contributed by atoms with E-state index in [2.05, 4.69) is 10.5 Å². The third-order valence-corrected chi connectivity index (χ3v) is 6.87. The van der Waals surface area contributed by atoms with Crippen molar-refractivity contribution in [2.75, 3.05) is 5.75 Å². The predicted molar refractivity (Wildman–Crippen MR) is 79.0 cm³/mol. The van der Waals surface area contributed by atoms with Crippen LogP contribution in [-0.2, 0) is 21.1 Å². The van der Waals surface area contributed by atoms with Crippen LogP contribution < -0.4 is 5.32 Å². The third-order valence-electron chi connectivity index (χ3n) is 3.95. The number of carbonyl (C=O) groups excluding carboxylic acids is 1. The Bertz CT molecular complexity index is 632. The maximum Gasteiger partial charge on any atom is 0.229 e. The highest BCUT2D eigenvalue weighted by atomic mass is 35.5. The molecular weight excluding hydrogens is 316 g/mol. The molecule has 1 aliphatic heterocycles. The summed E-state index contributed by atoms with van der Waals surface area (Å²) in [6.45, 7) is 5.11. The Morgan fingerprint density at radius 1 is 1.52 bits per heavy atom. The van der Waals surface area contributed by atoms with Gasteiger partial charge in [0.15, 0.2) is 9.84 Å². The van der Waals surface area contributed by atoms with Gasteiger partial charge >= 0.3 is 0 Å². The number of rotatable bonds is 3. The van der Waals surface area contributed by atoms with Gasteiger partial charge in [-0.05, 0) is 45.2 Å².